The summed E-state index contributed by atoms with van der Waals surface area (Å²) in [6.07, 6.45) is 10.9. The SMILES string of the molecule is O=C(O)CC1(CSC2CCCCCC2)CC1. The van der Waals surface area contributed by atoms with Crippen molar-refractivity contribution in [3.63, 3.8) is 0 Å². The van der Waals surface area contributed by atoms with Crippen LogP contribution in [0.1, 0.15) is 57.8 Å². The zero-order valence-corrected chi connectivity index (χ0v) is 10.7. The fourth-order valence-corrected chi connectivity index (χ4v) is 4.22. The van der Waals surface area contributed by atoms with E-state index in [4.69, 9.17) is 5.11 Å². The molecule has 0 heterocycles. The summed E-state index contributed by atoms with van der Waals surface area (Å²) in [4.78, 5) is 10.8. The Balaban J connectivity index is 1.71. The summed E-state index contributed by atoms with van der Waals surface area (Å²) >= 11 is 2.06. The van der Waals surface area contributed by atoms with Gasteiger partial charge in [-0.3, -0.25) is 4.79 Å². The molecule has 1 N–H and O–H groups in total. The van der Waals surface area contributed by atoms with Gasteiger partial charge in [0.05, 0.1) is 6.42 Å². The third kappa shape index (κ3) is 3.69. The lowest BCUT2D eigenvalue weighted by molar-refractivity contribution is -0.138. The highest BCUT2D eigenvalue weighted by Gasteiger charge is 2.44. The van der Waals surface area contributed by atoms with Gasteiger partial charge >= 0.3 is 5.97 Å². The standard InChI is InChI=1S/C13H22O2S/c14-12(15)9-13(7-8-13)10-16-11-5-3-1-2-4-6-11/h11H,1-10H2,(H,14,15). The van der Waals surface area contributed by atoms with E-state index in [2.05, 4.69) is 11.8 Å². The van der Waals surface area contributed by atoms with Crippen molar-refractivity contribution in [3.05, 3.63) is 0 Å². The Morgan fingerprint density at radius 3 is 2.31 bits per heavy atom. The van der Waals surface area contributed by atoms with E-state index in [0.717, 1.165) is 23.8 Å². The lowest BCUT2D eigenvalue weighted by Gasteiger charge is -2.18. The van der Waals surface area contributed by atoms with Gasteiger partial charge in [-0.1, -0.05) is 25.7 Å². The van der Waals surface area contributed by atoms with Gasteiger partial charge in [0.25, 0.3) is 0 Å². The molecule has 0 aliphatic heterocycles. The Hall–Kier alpha value is -0.180. The quantitative estimate of drug-likeness (QED) is 0.747. The minimum Gasteiger partial charge on any atom is -0.481 e. The molecule has 0 amide bonds. The Morgan fingerprint density at radius 2 is 1.81 bits per heavy atom. The zero-order chi connectivity index (χ0) is 11.4. The van der Waals surface area contributed by atoms with Crippen LogP contribution in [0.4, 0.5) is 0 Å². The molecule has 2 aliphatic rings. The normalized spacial score (nSPS) is 25.0. The first-order valence-corrected chi connectivity index (χ1v) is 7.59. The molecule has 0 saturated heterocycles. The van der Waals surface area contributed by atoms with Gasteiger partial charge in [0.2, 0.25) is 0 Å². The first-order chi connectivity index (χ1) is 7.70. The second-order valence-electron chi connectivity index (χ2n) is 5.50. The molecule has 16 heavy (non-hydrogen) atoms. The lowest BCUT2D eigenvalue weighted by atomic mass is 10.1. The van der Waals surface area contributed by atoms with Crippen LogP contribution in [0.3, 0.4) is 0 Å². The van der Waals surface area contributed by atoms with Crippen LogP contribution in [0.2, 0.25) is 0 Å². The van der Waals surface area contributed by atoms with Crippen molar-refractivity contribution < 1.29 is 9.90 Å². The van der Waals surface area contributed by atoms with Crippen molar-refractivity contribution in [2.24, 2.45) is 5.41 Å². The van der Waals surface area contributed by atoms with Crippen LogP contribution in [-0.2, 0) is 4.79 Å². The number of thioether (sulfide) groups is 1. The number of hydrogen-bond donors (Lipinski definition) is 1. The molecular weight excluding hydrogens is 220 g/mol. The molecule has 0 radical (unpaired) electrons. The van der Waals surface area contributed by atoms with Gasteiger partial charge in [0.1, 0.15) is 0 Å². The highest BCUT2D eigenvalue weighted by molar-refractivity contribution is 7.99. The van der Waals surface area contributed by atoms with Crippen molar-refractivity contribution in [1.82, 2.24) is 0 Å². The minimum absolute atomic E-state index is 0.183. The number of carboxylic acids is 1. The monoisotopic (exact) mass is 242 g/mol. The van der Waals surface area contributed by atoms with Crippen LogP contribution in [0, 0.1) is 5.41 Å². The molecule has 0 unspecified atom stereocenters. The van der Waals surface area contributed by atoms with E-state index in [9.17, 15) is 4.79 Å². The summed E-state index contributed by atoms with van der Waals surface area (Å²) in [5.74, 6) is 0.475. The summed E-state index contributed by atoms with van der Waals surface area (Å²) in [5, 5.41) is 9.68. The van der Waals surface area contributed by atoms with Crippen molar-refractivity contribution in [3.8, 4) is 0 Å². The van der Waals surface area contributed by atoms with Crippen molar-refractivity contribution >= 4 is 17.7 Å². The smallest absolute Gasteiger partial charge is 0.303 e. The molecule has 2 nitrogen and oxygen atoms in total. The minimum atomic E-state index is -0.612. The van der Waals surface area contributed by atoms with Gasteiger partial charge in [-0.25, -0.2) is 0 Å². The first-order valence-electron chi connectivity index (χ1n) is 6.54. The molecule has 0 aromatic heterocycles. The van der Waals surface area contributed by atoms with Crippen molar-refractivity contribution in [2.45, 2.75) is 63.0 Å². The largest absolute Gasteiger partial charge is 0.481 e. The van der Waals surface area contributed by atoms with E-state index in [1.165, 1.54) is 38.5 Å². The predicted octanol–water partition coefficient (Wildman–Crippen LogP) is 3.70. The van der Waals surface area contributed by atoms with Crippen LogP contribution >= 0.6 is 11.8 Å². The Morgan fingerprint density at radius 1 is 1.19 bits per heavy atom. The van der Waals surface area contributed by atoms with Crippen LogP contribution in [0.25, 0.3) is 0 Å². The number of rotatable bonds is 5. The van der Waals surface area contributed by atoms with Crippen LogP contribution in [0.15, 0.2) is 0 Å². The zero-order valence-electron chi connectivity index (χ0n) is 9.91. The second kappa shape index (κ2) is 5.44. The molecule has 3 heteroatoms. The molecule has 2 rings (SSSR count). The average Bonchev–Trinajstić information content (AvgIpc) is 2.99. The topological polar surface area (TPSA) is 37.3 Å². The molecule has 2 saturated carbocycles. The maximum atomic E-state index is 10.8. The third-order valence-electron chi connectivity index (χ3n) is 3.91. The van der Waals surface area contributed by atoms with E-state index in [0.29, 0.717) is 6.42 Å². The van der Waals surface area contributed by atoms with Gasteiger partial charge in [-0.15, -0.1) is 0 Å². The molecular formula is C13H22O2S. The summed E-state index contributed by atoms with van der Waals surface area (Å²) < 4.78 is 0. The maximum absolute atomic E-state index is 10.8. The molecule has 2 fully saturated rings. The van der Waals surface area contributed by atoms with Crippen molar-refractivity contribution in [1.29, 1.82) is 0 Å². The number of carbonyl (C=O) groups is 1. The predicted molar refractivity (Wildman–Crippen MR) is 67.9 cm³/mol. The molecule has 0 bridgehead atoms. The molecule has 0 spiro atoms. The molecule has 92 valence electrons. The van der Waals surface area contributed by atoms with E-state index < -0.39 is 5.97 Å². The van der Waals surface area contributed by atoms with Crippen molar-refractivity contribution in [2.75, 3.05) is 5.75 Å². The number of carboxylic acid groups (broad SMARTS) is 1. The number of aliphatic carboxylic acids is 1. The van der Waals surface area contributed by atoms with E-state index in [1.807, 2.05) is 0 Å². The second-order valence-corrected chi connectivity index (χ2v) is 6.78. The van der Waals surface area contributed by atoms with Crippen LogP contribution in [0.5, 0.6) is 0 Å². The molecule has 0 atom stereocenters. The summed E-state index contributed by atoms with van der Waals surface area (Å²) in [5.41, 5.74) is 0.183. The fraction of sp³-hybridized carbons (Fsp3) is 0.923. The molecule has 0 aromatic carbocycles. The summed E-state index contributed by atoms with van der Waals surface area (Å²) in [7, 11) is 0. The highest BCUT2D eigenvalue weighted by atomic mass is 32.2. The Bertz CT molecular complexity index is 240. The third-order valence-corrected chi connectivity index (χ3v) is 5.63. The molecule has 0 aromatic rings. The van der Waals surface area contributed by atoms with Gasteiger partial charge in [0.15, 0.2) is 0 Å². The van der Waals surface area contributed by atoms with Gasteiger partial charge < -0.3 is 5.11 Å². The van der Waals surface area contributed by atoms with Gasteiger partial charge in [0, 0.05) is 5.25 Å². The summed E-state index contributed by atoms with van der Waals surface area (Å²) in [6.45, 7) is 0. The highest BCUT2D eigenvalue weighted by Crippen LogP contribution is 2.52. The van der Waals surface area contributed by atoms with E-state index >= 15 is 0 Å². The average molecular weight is 242 g/mol. The Labute approximate surface area is 102 Å². The fourth-order valence-electron chi connectivity index (χ4n) is 2.57. The lowest BCUT2D eigenvalue weighted by Crippen LogP contribution is -2.13. The number of hydrogen-bond acceptors (Lipinski definition) is 2. The van der Waals surface area contributed by atoms with Crippen LogP contribution in [-0.4, -0.2) is 22.1 Å². The summed E-state index contributed by atoms with van der Waals surface area (Å²) in [6, 6.07) is 0. The Kier molecular flexibility index (Phi) is 4.17. The van der Waals surface area contributed by atoms with E-state index in [-0.39, 0.29) is 5.41 Å². The first kappa shape index (κ1) is 12.3. The van der Waals surface area contributed by atoms with Crippen LogP contribution < -0.4 is 0 Å². The molecule has 2 aliphatic carbocycles. The van der Waals surface area contributed by atoms with Gasteiger partial charge in [-0.05, 0) is 36.9 Å². The van der Waals surface area contributed by atoms with Gasteiger partial charge in [-0.2, -0.15) is 11.8 Å². The van der Waals surface area contributed by atoms with E-state index in [1.54, 1.807) is 0 Å². The maximum Gasteiger partial charge on any atom is 0.303 e.